The average molecular weight is 616 g/mol. The number of thioether (sulfide) groups is 1. The van der Waals surface area contributed by atoms with E-state index in [1.54, 1.807) is 48.5 Å². The highest BCUT2D eigenvalue weighted by Crippen LogP contribution is 2.42. The Hall–Kier alpha value is -3.01. The second-order valence-electron chi connectivity index (χ2n) is 7.79. The molecule has 9 heteroatoms. The summed E-state index contributed by atoms with van der Waals surface area (Å²) in [5.74, 6) is -1.85. The second-order valence-corrected chi connectivity index (χ2v) is 10.5. The molecule has 0 spiro atoms. The van der Waals surface area contributed by atoms with Crippen LogP contribution in [0.15, 0.2) is 92.9 Å². The molecule has 6 nitrogen and oxygen atoms in total. The lowest BCUT2D eigenvalue weighted by Gasteiger charge is -2.20. The van der Waals surface area contributed by atoms with Gasteiger partial charge in [-0.15, -0.1) is 11.8 Å². The van der Waals surface area contributed by atoms with Gasteiger partial charge in [0.25, 0.3) is 0 Å². The van der Waals surface area contributed by atoms with Crippen LogP contribution >= 0.6 is 43.6 Å². The van der Waals surface area contributed by atoms with Gasteiger partial charge in [-0.05, 0) is 60.4 Å². The first-order valence-electron chi connectivity index (χ1n) is 10.3. The summed E-state index contributed by atoms with van der Waals surface area (Å²) in [4.78, 5) is 27.4. The lowest BCUT2D eigenvalue weighted by molar-refractivity contribution is 0.441. The van der Waals surface area contributed by atoms with E-state index >= 15 is 0 Å². The zero-order valence-corrected chi connectivity index (χ0v) is 22.0. The van der Waals surface area contributed by atoms with E-state index in [2.05, 4.69) is 31.9 Å². The minimum atomic E-state index is -1.16. The van der Waals surface area contributed by atoms with Gasteiger partial charge in [0.15, 0.2) is 0 Å². The van der Waals surface area contributed by atoms with Gasteiger partial charge in [0.2, 0.25) is 0 Å². The first-order valence-corrected chi connectivity index (χ1v) is 13.1. The van der Waals surface area contributed by atoms with E-state index < -0.39 is 17.2 Å². The molecule has 0 saturated heterocycles. The maximum Gasteiger partial charge on any atom is 0.344 e. The van der Waals surface area contributed by atoms with Crippen molar-refractivity contribution in [2.45, 2.75) is 10.8 Å². The molecule has 2 N–H and O–H groups in total. The molecule has 0 aliphatic rings. The minimum absolute atomic E-state index is 0.176. The molecule has 0 aliphatic carbocycles. The van der Waals surface area contributed by atoms with Crippen LogP contribution in [0.5, 0.6) is 11.5 Å². The first kappa shape index (κ1) is 23.7. The van der Waals surface area contributed by atoms with Gasteiger partial charge < -0.3 is 19.0 Å². The summed E-state index contributed by atoms with van der Waals surface area (Å²) in [7, 11) is 0. The molecule has 176 valence electrons. The van der Waals surface area contributed by atoms with Crippen molar-refractivity contribution in [3.8, 4) is 11.5 Å². The molecule has 0 saturated carbocycles. The van der Waals surface area contributed by atoms with Gasteiger partial charge in [-0.25, -0.2) is 9.59 Å². The van der Waals surface area contributed by atoms with Crippen molar-refractivity contribution in [3.05, 3.63) is 107 Å². The second kappa shape index (κ2) is 9.22. The number of fused-ring (bicyclic) bond motifs is 2. The molecule has 0 fully saturated rings. The van der Waals surface area contributed by atoms with Crippen LogP contribution in [0.3, 0.4) is 0 Å². The first-order chi connectivity index (χ1) is 16.8. The van der Waals surface area contributed by atoms with E-state index in [0.29, 0.717) is 14.5 Å². The fourth-order valence-corrected chi connectivity index (χ4v) is 5.26. The van der Waals surface area contributed by atoms with Crippen molar-refractivity contribution >= 4 is 65.6 Å². The summed E-state index contributed by atoms with van der Waals surface area (Å²) in [5, 5.41) is 23.1. The zero-order chi connectivity index (χ0) is 24.9. The predicted octanol–water partition coefficient (Wildman–Crippen LogP) is 6.74. The molecular weight excluding hydrogens is 600 g/mol. The summed E-state index contributed by atoms with van der Waals surface area (Å²) in [5.41, 5.74) is -1.14. The number of halogens is 2. The normalized spacial score (nSPS) is 11.5. The van der Waals surface area contributed by atoms with E-state index in [9.17, 15) is 19.8 Å². The molecule has 2 heterocycles. The van der Waals surface area contributed by atoms with Crippen LogP contribution in [0, 0.1) is 0 Å². The molecule has 35 heavy (non-hydrogen) atoms. The van der Waals surface area contributed by atoms with E-state index in [1.165, 1.54) is 11.8 Å². The van der Waals surface area contributed by atoms with Crippen molar-refractivity contribution < 1.29 is 19.0 Å². The molecule has 0 bridgehead atoms. The fourth-order valence-electron chi connectivity index (χ4n) is 4.13. The highest BCUT2D eigenvalue weighted by Gasteiger charge is 2.32. The maximum atomic E-state index is 13.2. The van der Waals surface area contributed by atoms with Crippen LogP contribution in [-0.4, -0.2) is 16.5 Å². The minimum Gasteiger partial charge on any atom is -0.507 e. The topological polar surface area (TPSA) is 101 Å². The van der Waals surface area contributed by atoms with Crippen molar-refractivity contribution in [3.63, 3.8) is 0 Å². The van der Waals surface area contributed by atoms with Crippen LogP contribution in [0.25, 0.3) is 21.9 Å². The molecule has 5 aromatic rings. The highest BCUT2D eigenvalue weighted by molar-refractivity contribution is 9.10. The van der Waals surface area contributed by atoms with Crippen molar-refractivity contribution in [2.75, 3.05) is 6.26 Å². The Kier molecular flexibility index (Phi) is 6.25. The van der Waals surface area contributed by atoms with Gasteiger partial charge in [0.05, 0.1) is 27.8 Å². The van der Waals surface area contributed by atoms with Gasteiger partial charge in [0, 0.05) is 13.8 Å². The predicted molar refractivity (Wildman–Crippen MR) is 143 cm³/mol. The van der Waals surface area contributed by atoms with Crippen LogP contribution in [0.1, 0.15) is 22.6 Å². The Morgan fingerprint density at radius 3 is 1.63 bits per heavy atom. The molecule has 0 unspecified atom stereocenters. The third-order valence-corrected chi connectivity index (χ3v) is 7.51. The van der Waals surface area contributed by atoms with E-state index in [-0.39, 0.29) is 44.6 Å². The molecule has 3 aromatic carbocycles. The lowest BCUT2D eigenvalue weighted by atomic mass is 9.84. The van der Waals surface area contributed by atoms with Crippen LogP contribution < -0.4 is 11.3 Å². The van der Waals surface area contributed by atoms with E-state index in [4.69, 9.17) is 8.83 Å². The molecule has 0 aliphatic heterocycles. The van der Waals surface area contributed by atoms with Crippen LogP contribution in [0.2, 0.25) is 0 Å². The summed E-state index contributed by atoms with van der Waals surface area (Å²) in [6.07, 6.45) is 1.93. The average Bonchev–Trinajstić information content (AvgIpc) is 2.84. The summed E-state index contributed by atoms with van der Waals surface area (Å²) < 4.78 is 12.4. The monoisotopic (exact) mass is 614 g/mol. The number of aromatic hydroxyl groups is 2. The van der Waals surface area contributed by atoms with E-state index in [0.717, 1.165) is 4.90 Å². The third kappa shape index (κ3) is 4.17. The fraction of sp³-hybridized carbons (Fsp3) is 0.0769. The zero-order valence-electron chi connectivity index (χ0n) is 18.0. The quantitative estimate of drug-likeness (QED) is 0.171. The van der Waals surface area contributed by atoms with Crippen LogP contribution in [0.4, 0.5) is 0 Å². The summed E-state index contributed by atoms with van der Waals surface area (Å²) in [6, 6.07) is 16.9. The van der Waals surface area contributed by atoms with Gasteiger partial charge in [0.1, 0.15) is 22.7 Å². The molecule has 0 atom stereocenters. The lowest BCUT2D eigenvalue weighted by Crippen LogP contribution is -2.21. The Bertz CT molecular complexity index is 1620. The number of rotatable bonds is 4. The van der Waals surface area contributed by atoms with E-state index in [1.807, 2.05) is 18.4 Å². The molecular formula is C26H16Br2O6S. The maximum absolute atomic E-state index is 13.2. The molecule has 0 amide bonds. The standard InChI is InChI=1S/C26H16Br2O6S/c1-35-15-6-2-12(3-7-15)20(21-23(29)16-10-13(27)4-8-18(16)33-25(21)31)22-24(30)17-11-14(28)5-9-19(17)34-26(22)32/h2-11,20,29-30H,1H3. The van der Waals surface area contributed by atoms with Crippen LogP contribution in [-0.2, 0) is 0 Å². The largest absolute Gasteiger partial charge is 0.507 e. The molecule has 2 aromatic heterocycles. The smallest absolute Gasteiger partial charge is 0.344 e. The van der Waals surface area contributed by atoms with Crippen molar-refractivity contribution in [1.82, 2.24) is 0 Å². The van der Waals surface area contributed by atoms with Gasteiger partial charge >= 0.3 is 11.3 Å². The Labute approximate surface area is 219 Å². The Morgan fingerprint density at radius 1 is 0.743 bits per heavy atom. The molecule has 5 rings (SSSR count). The highest BCUT2D eigenvalue weighted by atomic mass is 79.9. The van der Waals surface area contributed by atoms with Gasteiger partial charge in [-0.1, -0.05) is 44.0 Å². The summed E-state index contributed by atoms with van der Waals surface area (Å²) in [6.45, 7) is 0. The van der Waals surface area contributed by atoms with Crippen molar-refractivity contribution in [2.24, 2.45) is 0 Å². The SMILES string of the molecule is CSc1ccc(C(c2c(O)c3cc(Br)ccc3oc2=O)c2c(O)c3cc(Br)ccc3oc2=O)cc1. The number of benzene rings is 3. The van der Waals surface area contributed by atoms with Gasteiger partial charge in [-0.3, -0.25) is 0 Å². The number of hydrogen-bond acceptors (Lipinski definition) is 7. The molecule has 0 radical (unpaired) electrons. The third-order valence-electron chi connectivity index (χ3n) is 5.78. The van der Waals surface area contributed by atoms with Crippen molar-refractivity contribution in [1.29, 1.82) is 0 Å². The summed E-state index contributed by atoms with van der Waals surface area (Å²) >= 11 is 8.26. The Morgan fingerprint density at radius 2 is 1.20 bits per heavy atom. The Balaban J connectivity index is 1.90. The van der Waals surface area contributed by atoms with Gasteiger partial charge in [-0.2, -0.15) is 0 Å². The number of hydrogen-bond donors (Lipinski definition) is 2.